The van der Waals surface area contributed by atoms with E-state index < -0.39 is 11.9 Å². The highest BCUT2D eigenvalue weighted by molar-refractivity contribution is 14.0. The van der Waals surface area contributed by atoms with Gasteiger partial charge >= 0.3 is 6.18 Å². The van der Waals surface area contributed by atoms with Gasteiger partial charge in [-0.05, 0) is 32.3 Å². The molecule has 0 fully saturated rings. The van der Waals surface area contributed by atoms with Crippen molar-refractivity contribution in [2.24, 2.45) is 4.99 Å². The van der Waals surface area contributed by atoms with E-state index >= 15 is 0 Å². The molecule has 0 radical (unpaired) electrons. The summed E-state index contributed by atoms with van der Waals surface area (Å²) in [5.74, 6) is 0.565. The quantitative estimate of drug-likeness (QED) is 0.235. The molecule has 0 atom stereocenters. The van der Waals surface area contributed by atoms with Gasteiger partial charge in [-0.1, -0.05) is 0 Å². The van der Waals surface area contributed by atoms with E-state index in [1.165, 1.54) is 5.56 Å². The molecule has 2 rings (SSSR count). The normalized spacial score (nSPS) is 12.0. The predicted molar refractivity (Wildman–Crippen MR) is 107 cm³/mol. The number of hydrogen-bond acceptors (Lipinski definition) is 4. The smallest absolute Gasteiger partial charge is 0.357 e. The van der Waals surface area contributed by atoms with Crippen LogP contribution >= 0.6 is 35.3 Å². The van der Waals surface area contributed by atoms with Crippen LogP contribution in [0.3, 0.4) is 0 Å². The Hall–Kier alpha value is -1.37. The fourth-order valence-electron chi connectivity index (χ4n) is 2.12. The van der Waals surface area contributed by atoms with Crippen LogP contribution in [-0.2, 0) is 19.1 Å². The number of aryl methyl sites for hydroxylation is 2. The third-order valence-electron chi connectivity index (χ3n) is 3.41. The van der Waals surface area contributed by atoms with Gasteiger partial charge in [0.25, 0.3) is 0 Å². The van der Waals surface area contributed by atoms with E-state index in [0.29, 0.717) is 24.1 Å². The third kappa shape index (κ3) is 7.09. The minimum atomic E-state index is -4.41. The Balaban J connectivity index is 0.00000338. The number of nitrogens with one attached hydrogen (secondary N) is 3. The van der Waals surface area contributed by atoms with E-state index in [4.69, 9.17) is 0 Å². The predicted octanol–water partition coefficient (Wildman–Crippen LogP) is 3.50. The minimum Gasteiger partial charge on any atom is -0.357 e. The molecule has 0 saturated heterocycles. The summed E-state index contributed by atoms with van der Waals surface area (Å²) in [4.78, 5) is 7.86. The zero-order chi connectivity index (χ0) is 18.3. The number of aromatic amines is 1. The number of H-pyrrole nitrogens is 1. The lowest BCUT2D eigenvalue weighted by Crippen LogP contribution is -2.37. The molecule has 146 valence electrons. The van der Waals surface area contributed by atoms with Gasteiger partial charge in [-0.25, -0.2) is 9.98 Å². The Kier molecular flexibility index (Phi) is 9.33. The first-order valence-corrected chi connectivity index (χ1v) is 8.80. The summed E-state index contributed by atoms with van der Waals surface area (Å²) in [6, 6.07) is 0. The van der Waals surface area contributed by atoms with Gasteiger partial charge in [-0.2, -0.15) is 18.3 Å². The van der Waals surface area contributed by atoms with Crippen LogP contribution in [0.1, 0.15) is 35.3 Å². The Morgan fingerprint density at radius 3 is 2.69 bits per heavy atom. The summed E-state index contributed by atoms with van der Waals surface area (Å²) in [6.07, 6.45) is -0.821. The van der Waals surface area contributed by atoms with Crippen molar-refractivity contribution in [1.29, 1.82) is 0 Å². The largest absolute Gasteiger partial charge is 0.434 e. The molecule has 0 saturated carbocycles. The number of halogens is 4. The monoisotopic (exact) mass is 502 g/mol. The number of hydrogen-bond donors (Lipinski definition) is 3. The van der Waals surface area contributed by atoms with Crippen LogP contribution in [0, 0.1) is 6.92 Å². The van der Waals surface area contributed by atoms with E-state index in [-0.39, 0.29) is 30.5 Å². The number of guanidine groups is 1. The van der Waals surface area contributed by atoms with Crippen molar-refractivity contribution in [3.8, 4) is 0 Å². The number of rotatable bonds is 7. The van der Waals surface area contributed by atoms with Crippen LogP contribution in [0.5, 0.6) is 0 Å². The Labute approximate surface area is 171 Å². The third-order valence-corrected chi connectivity index (χ3v) is 4.24. The number of thiazole rings is 1. The van der Waals surface area contributed by atoms with Gasteiger partial charge in [0.15, 0.2) is 11.7 Å². The topological polar surface area (TPSA) is 78.0 Å². The zero-order valence-electron chi connectivity index (χ0n) is 14.5. The van der Waals surface area contributed by atoms with Gasteiger partial charge in [0.2, 0.25) is 0 Å². The van der Waals surface area contributed by atoms with Crippen LogP contribution in [0.2, 0.25) is 0 Å². The molecule has 0 unspecified atom stereocenters. The molecule has 0 aliphatic rings. The molecule has 0 aromatic carbocycles. The molecule has 0 aliphatic heterocycles. The number of aliphatic imine (C=N–C) groups is 1. The van der Waals surface area contributed by atoms with Gasteiger partial charge in [0.1, 0.15) is 5.01 Å². The summed E-state index contributed by atoms with van der Waals surface area (Å²) in [5, 5.41) is 14.5. The standard InChI is InChI=1S/C15H21F3N6S.HI/c1-3-19-14(20-6-4-5-11-7-22-24-10(11)2)21-8-13-23-12(9-25-13)15(16,17)18;/h7,9H,3-6,8H2,1-2H3,(H,22,24)(H2,19,20,21);1H. The van der Waals surface area contributed by atoms with Gasteiger partial charge in [-0.3, -0.25) is 5.10 Å². The van der Waals surface area contributed by atoms with Crippen molar-refractivity contribution in [1.82, 2.24) is 25.8 Å². The molecule has 0 amide bonds. The van der Waals surface area contributed by atoms with Gasteiger partial charge in [-0.15, -0.1) is 35.3 Å². The molecule has 0 spiro atoms. The van der Waals surface area contributed by atoms with Crippen molar-refractivity contribution in [3.63, 3.8) is 0 Å². The molecule has 2 aromatic heterocycles. The second-order valence-electron chi connectivity index (χ2n) is 5.37. The van der Waals surface area contributed by atoms with Crippen LogP contribution in [-0.4, -0.2) is 34.2 Å². The van der Waals surface area contributed by atoms with Crippen LogP contribution in [0.4, 0.5) is 13.2 Å². The lowest BCUT2D eigenvalue weighted by Gasteiger charge is -2.10. The number of alkyl halides is 3. The molecule has 11 heteroatoms. The van der Waals surface area contributed by atoms with Crippen LogP contribution in [0.15, 0.2) is 16.6 Å². The van der Waals surface area contributed by atoms with E-state index in [0.717, 1.165) is 35.3 Å². The first-order chi connectivity index (χ1) is 11.9. The van der Waals surface area contributed by atoms with Crippen molar-refractivity contribution < 1.29 is 13.2 Å². The Morgan fingerprint density at radius 1 is 1.35 bits per heavy atom. The van der Waals surface area contributed by atoms with E-state index in [1.807, 2.05) is 20.0 Å². The fraction of sp³-hybridized carbons (Fsp3) is 0.533. The summed E-state index contributed by atoms with van der Waals surface area (Å²) in [7, 11) is 0. The fourth-order valence-corrected chi connectivity index (χ4v) is 2.84. The molecule has 0 aliphatic carbocycles. The Bertz CT molecular complexity index is 698. The summed E-state index contributed by atoms with van der Waals surface area (Å²) in [5.41, 5.74) is 1.37. The summed E-state index contributed by atoms with van der Waals surface area (Å²) in [6.45, 7) is 5.37. The van der Waals surface area contributed by atoms with Crippen molar-refractivity contribution >= 4 is 41.3 Å². The molecule has 0 bridgehead atoms. The molecule has 6 nitrogen and oxygen atoms in total. The van der Waals surface area contributed by atoms with Crippen molar-refractivity contribution in [2.45, 2.75) is 39.4 Å². The van der Waals surface area contributed by atoms with E-state index in [9.17, 15) is 13.2 Å². The minimum absolute atomic E-state index is 0. The summed E-state index contributed by atoms with van der Waals surface area (Å²) < 4.78 is 37.6. The highest BCUT2D eigenvalue weighted by Crippen LogP contribution is 2.30. The SMILES string of the molecule is CCNC(=NCc1nc(C(F)(F)F)cs1)NCCCc1cn[nH]c1C.I. The van der Waals surface area contributed by atoms with Crippen LogP contribution < -0.4 is 10.6 Å². The molecule has 3 N–H and O–H groups in total. The maximum absolute atomic E-state index is 12.5. The first-order valence-electron chi connectivity index (χ1n) is 7.92. The summed E-state index contributed by atoms with van der Waals surface area (Å²) >= 11 is 0.961. The average molecular weight is 502 g/mol. The van der Waals surface area contributed by atoms with Gasteiger partial charge in [0.05, 0.1) is 12.7 Å². The van der Waals surface area contributed by atoms with Crippen molar-refractivity contribution in [2.75, 3.05) is 13.1 Å². The van der Waals surface area contributed by atoms with E-state index in [1.54, 1.807) is 0 Å². The van der Waals surface area contributed by atoms with Gasteiger partial charge < -0.3 is 10.6 Å². The lowest BCUT2D eigenvalue weighted by molar-refractivity contribution is -0.140. The molecular formula is C15H22F3IN6S. The lowest BCUT2D eigenvalue weighted by atomic mass is 10.1. The highest BCUT2D eigenvalue weighted by Gasteiger charge is 2.33. The molecular weight excluding hydrogens is 480 g/mol. The molecule has 2 aromatic rings. The number of aromatic nitrogens is 3. The maximum atomic E-state index is 12.5. The second kappa shape index (κ2) is 10.7. The second-order valence-corrected chi connectivity index (χ2v) is 6.31. The van der Waals surface area contributed by atoms with Crippen molar-refractivity contribution in [3.05, 3.63) is 33.5 Å². The maximum Gasteiger partial charge on any atom is 0.434 e. The van der Waals surface area contributed by atoms with E-state index in [2.05, 4.69) is 30.8 Å². The van der Waals surface area contributed by atoms with Gasteiger partial charge in [0, 0.05) is 24.2 Å². The highest BCUT2D eigenvalue weighted by atomic mass is 127. The first kappa shape index (κ1) is 22.7. The molecule has 26 heavy (non-hydrogen) atoms. The molecule has 2 heterocycles. The zero-order valence-corrected chi connectivity index (χ0v) is 17.6. The van der Waals surface area contributed by atoms with Crippen LogP contribution in [0.25, 0.3) is 0 Å². The average Bonchev–Trinajstić information content (AvgIpc) is 3.18. The Morgan fingerprint density at radius 2 is 2.12 bits per heavy atom. The number of nitrogens with zero attached hydrogens (tertiary/aromatic N) is 3.